The van der Waals surface area contributed by atoms with Gasteiger partial charge in [-0.1, -0.05) is 12.1 Å². The fraction of sp³-hybridized carbons (Fsp3) is 0.235. The Labute approximate surface area is 129 Å². The number of anilines is 2. The van der Waals surface area contributed by atoms with E-state index in [-0.39, 0.29) is 18.3 Å². The summed E-state index contributed by atoms with van der Waals surface area (Å²) < 4.78 is 18.0. The van der Waals surface area contributed by atoms with Crippen molar-refractivity contribution in [3.63, 3.8) is 0 Å². The normalized spacial score (nSPS) is 10.3. The first-order chi connectivity index (χ1) is 10.6. The smallest absolute Gasteiger partial charge is 0.250 e. The number of carbonyl (C=O) groups is 1. The van der Waals surface area contributed by atoms with Crippen molar-refractivity contribution in [2.75, 3.05) is 24.4 Å². The standard InChI is InChI=1S/C17H19FN2O2/c1-12-6-7-14(18)8-13(12)10-19-15-4-3-5-16(9-15)20-17(21)11-22-2/h3-9,19H,10-11H2,1-2H3,(H,20,21). The third-order valence-electron chi connectivity index (χ3n) is 3.22. The van der Waals surface area contributed by atoms with Gasteiger partial charge in [0.15, 0.2) is 0 Å². The topological polar surface area (TPSA) is 50.4 Å². The van der Waals surface area contributed by atoms with E-state index in [9.17, 15) is 9.18 Å². The Morgan fingerprint density at radius 1 is 1.18 bits per heavy atom. The average Bonchev–Trinajstić information content (AvgIpc) is 2.49. The quantitative estimate of drug-likeness (QED) is 0.860. The van der Waals surface area contributed by atoms with Crippen molar-refractivity contribution in [3.05, 3.63) is 59.4 Å². The van der Waals surface area contributed by atoms with Crippen molar-refractivity contribution in [1.82, 2.24) is 0 Å². The Bertz CT molecular complexity index is 659. The summed E-state index contributed by atoms with van der Waals surface area (Å²) in [5.74, 6) is -0.455. The lowest BCUT2D eigenvalue weighted by Gasteiger charge is -2.11. The van der Waals surface area contributed by atoms with E-state index in [4.69, 9.17) is 4.74 Å². The molecule has 0 heterocycles. The molecule has 1 amide bonds. The highest BCUT2D eigenvalue weighted by Crippen LogP contribution is 2.17. The van der Waals surface area contributed by atoms with E-state index in [1.54, 1.807) is 12.1 Å². The zero-order chi connectivity index (χ0) is 15.9. The van der Waals surface area contributed by atoms with E-state index >= 15 is 0 Å². The first-order valence-electron chi connectivity index (χ1n) is 6.96. The molecule has 0 saturated carbocycles. The second-order valence-corrected chi connectivity index (χ2v) is 4.99. The highest BCUT2D eigenvalue weighted by Gasteiger charge is 2.03. The molecule has 116 valence electrons. The SMILES string of the molecule is COCC(=O)Nc1cccc(NCc2cc(F)ccc2C)c1. The van der Waals surface area contributed by atoms with Crippen molar-refractivity contribution >= 4 is 17.3 Å². The van der Waals surface area contributed by atoms with Crippen molar-refractivity contribution in [1.29, 1.82) is 0 Å². The fourth-order valence-corrected chi connectivity index (χ4v) is 2.06. The number of benzene rings is 2. The monoisotopic (exact) mass is 302 g/mol. The summed E-state index contributed by atoms with van der Waals surface area (Å²) in [7, 11) is 1.47. The van der Waals surface area contributed by atoms with Crippen molar-refractivity contribution in [2.45, 2.75) is 13.5 Å². The molecule has 0 saturated heterocycles. The molecule has 2 N–H and O–H groups in total. The number of ether oxygens (including phenoxy) is 1. The van der Waals surface area contributed by atoms with Gasteiger partial charge in [0.1, 0.15) is 12.4 Å². The van der Waals surface area contributed by atoms with E-state index in [0.29, 0.717) is 12.2 Å². The summed E-state index contributed by atoms with van der Waals surface area (Å²) in [5, 5.41) is 5.96. The van der Waals surface area contributed by atoms with Gasteiger partial charge in [0, 0.05) is 25.0 Å². The number of rotatable bonds is 6. The van der Waals surface area contributed by atoms with Crippen molar-refractivity contribution in [3.8, 4) is 0 Å². The van der Waals surface area contributed by atoms with Gasteiger partial charge in [-0.2, -0.15) is 0 Å². The number of carbonyl (C=O) groups excluding carboxylic acids is 1. The molecular weight excluding hydrogens is 283 g/mol. The van der Waals surface area contributed by atoms with Crippen LogP contribution in [0.3, 0.4) is 0 Å². The average molecular weight is 302 g/mol. The van der Waals surface area contributed by atoms with Gasteiger partial charge in [-0.25, -0.2) is 4.39 Å². The van der Waals surface area contributed by atoms with Gasteiger partial charge in [0.2, 0.25) is 5.91 Å². The molecule has 22 heavy (non-hydrogen) atoms. The van der Waals surface area contributed by atoms with Crippen LogP contribution < -0.4 is 10.6 Å². The zero-order valence-electron chi connectivity index (χ0n) is 12.7. The van der Waals surface area contributed by atoms with Gasteiger partial charge in [0.25, 0.3) is 0 Å². The van der Waals surface area contributed by atoms with Gasteiger partial charge in [-0.15, -0.1) is 0 Å². The third kappa shape index (κ3) is 4.56. The Hall–Kier alpha value is -2.40. The lowest BCUT2D eigenvalue weighted by Crippen LogP contribution is -2.17. The predicted molar refractivity (Wildman–Crippen MR) is 85.4 cm³/mol. The van der Waals surface area contributed by atoms with E-state index in [1.165, 1.54) is 19.2 Å². The minimum atomic E-state index is -0.247. The van der Waals surface area contributed by atoms with Crippen LogP contribution in [0.5, 0.6) is 0 Å². The second-order valence-electron chi connectivity index (χ2n) is 4.99. The lowest BCUT2D eigenvalue weighted by molar-refractivity contribution is -0.119. The minimum Gasteiger partial charge on any atom is -0.381 e. The van der Waals surface area contributed by atoms with E-state index in [1.807, 2.05) is 25.1 Å². The summed E-state index contributed by atoms with van der Waals surface area (Å²) >= 11 is 0. The highest BCUT2D eigenvalue weighted by molar-refractivity contribution is 5.92. The summed E-state index contributed by atoms with van der Waals surface area (Å²) in [5.41, 5.74) is 3.45. The van der Waals surface area contributed by atoms with Crippen LogP contribution in [0.2, 0.25) is 0 Å². The summed E-state index contributed by atoms with van der Waals surface area (Å²) in [4.78, 5) is 11.5. The molecule has 2 aromatic carbocycles. The molecular formula is C17H19FN2O2. The van der Waals surface area contributed by atoms with Gasteiger partial charge in [-0.05, 0) is 48.4 Å². The van der Waals surface area contributed by atoms with Crippen LogP contribution in [0, 0.1) is 12.7 Å². The van der Waals surface area contributed by atoms with Crippen molar-refractivity contribution < 1.29 is 13.9 Å². The third-order valence-corrected chi connectivity index (χ3v) is 3.22. The molecule has 0 bridgehead atoms. The van der Waals surface area contributed by atoms with E-state index < -0.39 is 0 Å². The van der Waals surface area contributed by atoms with Crippen LogP contribution in [-0.2, 0) is 16.1 Å². The highest BCUT2D eigenvalue weighted by atomic mass is 19.1. The molecule has 0 atom stereocenters. The number of nitrogens with one attached hydrogen (secondary N) is 2. The Morgan fingerprint density at radius 3 is 2.73 bits per heavy atom. The first-order valence-corrected chi connectivity index (χ1v) is 6.96. The fourth-order valence-electron chi connectivity index (χ4n) is 2.06. The zero-order valence-corrected chi connectivity index (χ0v) is 12.7. The van der Waals surface area contributed by atoms with Crippen LogP contribution >= 0.6 is 0 Å². The van der Waals surface area contributed by atoms with Crippen LogP contribution in [0.25, 0.3) is 0 Å². The van der Waals surface area contributed by atoms with Gasteiger partial charge in [0.05, 0.1) is 0 Å². The second kappa shape index (κ2) is 7.56. The number of halogens is 1. The van der Waals surface area contributed by atoms with Crippen LogP contribution in [0.15, 0.2) is 42.5 Å². The van der Waals surface area contributed by atoms with Gasteiger partial charge >= 0.3 is 0 Å². The van der Waals surface area contributed by atoms with Crippen LogP contribution in [-0.4, -0.2) is 19.6 Å². The molecule has 0 fully saturated rings. The molecule has 2 rings (SSSR count). The van der Waals surface area contributed by atoms with Crippen LogP contribution in [0.4, 0.5) is 15.8 Å². The largest absolute Gasteiger partial charge is 0.381 e. The number of hydrogen-bond acceptors (Lipinski definition) is 3. The molecule has 5 heteroatoms. The Balaban J connectivity index is 2.01. The lowest BCUT2D eigenvalue weighted by atomic mass is 10.1. The van der Waals surface area contributed by atoms with Crippen molar-refractivity contribution in [2.24, 2.45) is 0 Å². The summed E-state index contributed by atoms with van der Waals surface area (Å²) in [6.07, 6.45) is 0. The molecule has 4 nitrogen and oxygen atoms in total. The molecule has 0 aromatic heterocycles. The maximum atomic E-state index is 13.3. The number of methoxy groups -OCH3 is 1. The maximum Gasteiger partial charge on any atom is 0.250 e. The van der Waals surface area contributed by atoms with Gasteiger partial charge < -0.3 is 15.4 Å². The molecule has 0 spiro atoms. The molecule has 0 aliphatic rings. The molecule has 0 radical (unpaired) electrons. The Kier molecular flexibility index (Phi) is 5.49. The van der Waals surface area contributed by atoms with Gasteiger partial charge in [-0.3, -0.25) is 4.79 Å². The number of hydrogen-bond donors (Lipinski definition) is 2. The maximum absolute atomic E-state index is 13.3. The predicted octanol–water partition coefficient (Wildman–Crippen LogP) is 3.33. The number of aryl methyl sites for hydroxylation is 1. The summed E-state index contributed by atoms with van der Waals surface area (Å²) in [6, 6.07) is 12.1. The summed E-state index contributed by atoms with van der Waals surface area (Å²) in [6.45, 7) is 2.47. The minimum absolute atomic E-state index is 0.0140. The molecule has 0 unspecified atom stereocenters. The van der Waals surface area contributed by atoms with E-state index in [0.717, 1.165) is 16.8 Å². The molecule has 0 aliphatic carbocycles. The first kappa shape index (κ1) is 16.0. The molecule has 2 aromatic rings. The Morgan fingerprint density at radius 2 is 1.95 bits per heavy atom. The van der Waals surface area contributed by atoms with Crippen LogP contribution in [0.1, 0.15) is 11.1 Å². The van der Waals surface area contributed by atoms with E-state index in [2.05, 4.69) is 10.6 Å². The number of amides is 1. The molecule has 0 aliphatic heterocycles.